The summed E-state index contributed by atoms with van der Waals surface area (Å²) in [6.07, 6.45) is 0.207. The SMILES string of the molecule is Cc1sc2c(c1C)C(c1ccc(Cl)cc1)=NC(CC(=O)NC(C)c1ccc(OCCOCCNc3cccc4c3C(=O)N(C3CCC(=O)NC3=O)C4=O)cc1)c1nnc(C)n1-2. The van der Waals surface area contributed by atoms with E-state index in [-0.39, 0.29) is 48.9 Å². The number of amides is 5. The third-order valence-corrected chi connectivity index (χ3v) is 12.5. The minimum Gasteiger partial charge on any atom is -0.491 e. The van der Waals surface area contributed by atoms with Gasteiger partial charge < -0.3 is 20.1 Å². The van der Waals surface area contributed by atoms with Crippen LogP contribution in [0.5, 0.6) is 5.75 Å². The molecule has 15 nitrogen and oxygen atoms in total. The van der Waals surface area contributed by atoms with Crippen LogP contribution in [0.4, 0.5) is 5.69 Å². The van der Waals surface area contributed by atoms with Crippen molar-refractivity contribution in [3.63, 3.8) is 0 Å². The van der Waals surface area contributed by atoms with Crippen molar-refractivity contribution in [3.05, 3.63) is 122 Å². The number of aliphatic imine (C=N–C) groups is 1. The quantitative estimate of drug-likeness (QED) is 0.0887. The maximum Gasteiger partial charge on any atom is 0.264 e. The Kier molecular flexibility index (Phi) is 11.8. The normalized spacial score (nSPS) is 17.5. The fraction of sp³-hybridized carbons (Fsp3) is 0.318. The predicted octanol–water partition coefficient (Wildman–Crippen LogP) is 5.98. The largest absolute Gasteiger partial charge is 0.491 e. The summed E-state index contributed by atoms with van der Waals surface area (Å²) in [5.74, 6) is -0.420. The summed E-state index contributed by atoms with van der Waals surface area (Å²) in [7, 11) is 0. The van der Waals surface area contributed by atoms with Gasteiger partial charge in [0.05, 0.1) is 42.5 Å². The molecule has 314 valence electrons. The minimum atomic E-state index is -1.03. The highest BCUT2D eigenvalue weighted by Crippen LogP contribution is 2.40. The number of imide groups is 2. The molecular formula is C44H43ClN8O7S. The Hall–Kier alpha value is -6.23. The van der Waals surface area contributed by atoms with Crippen LogP contribution >= 0.6 is 22.9 Å². The van der Waals surface area contributed by atoms with Gasteiger partial charge in [-0.1, -0.05) is 41.9 Å². The Bertz CT molecular complexity index is 2590. The van der Waals surface area contributed by atoms with Crippen molar-refractivity contribution in [2.75, 3.05) is 31.7 Å². The van der Waals surface area contributed by atoms with E-state index in [1.807, 2.05) is 66.9 Å². The highest BCUT2D eigenvalue weighted by atomic mass is 35.5. The number of rotatable bonds is 14. The number of nitrogens with one attached hydrogen (secondary N) is 3. The van der Waals surface area contributed by atoms with E-state index in [0.29, 0.717) is 42.0 Å². The zero-order chi connectivity index (χ0) is 42.9. The van der Waals surface area contributed by atoms with Crippen LogP contribution < -0.4 is 20.7 Å². The van der Waals surface area contributed by atoms with Gasteiger partial charge in [-0.2, -0.15) is 0 Å². The summed E-state index contributed by atoms with van der Waals surface area (Å²) in [6.45, 7) is 9.24. The van der Waals surface area contributed by atoms with E-state index in [4.69, 9.17) is 26.1 Å². The number of thiophene rings is 1. The van der Waals surface area contributed by atoms with Crippen LogP contribution in [0, 0.1) is 20.8 Å². The first-order valence-corrected chi connectivity index (χ1v) is 21.1. The second-order valence-corrected chi connectivity index (χ2v) is 16.7. The molecule has 0 bridgehead atoms. The number of aromatic nitrogens is 3. The molecule has 8 rings (SSSR count). The average Bonchev–Trinajstić information content (AvgIpc) is 3.82. The van der Waals surface area contributed by atoms with E-state index in [0.717, 1.165) is 43.7 Å². The van der Waals surface area contributed by atoms with Gasteiger partial charge in [-0.25, -0.2) is 0 Å². The molecule has 1 saturated heterocycles. The molecule has 0 spiro atoms. The molecule has 3 unspecified atom stereocenters. The number of hydrogen-bond donors (Lipinski definition) is 3. The molecule has 61 heavy (non-hydrogen) atoms. The molecule has 3 N–H and O–H groups in total. The molecule has 0 radical (unpaired) electrons. The lowest BCUT2D eigenvalue weighted by molar-refractivity contribution is -0.136. The van der Waals surface area contributed by atoms with Gasteiger partial charge in [-0.3, -0.25) is 43.7 Å². The van der Waals surface area contributed by atoms with Crippen LogP contribution in [0.25, 0.3) is 5.00 Å². The number of aryl methyl sites for hydroxylation is 2. The summed E-state index contributed by atoms with van der Waals surface area (Å²) in [4.78, 5) is 71.4. The monoisotopic (exact) mass is 862 g/mol. The van der Waals surface area contributed by atoms with Crippen LogP contribution in [0.1, 0.15) is 97.8 Å². The van der Waals surface area contributed by atoms with Gasteiger partial charge >= 0.3 is 0 Å². The Balaban J connectivity index is 0.821. The van der Waals surface area contributed by atoms with E-state index in [2.05, 4.69) is 40.0 Å². The molecule has 3 atom stereocenters. The van der Waals surface area contributed by atoms with Crippen LogP contribution in [-0.2, 0) is 19.1 Å². The van der Waals surface area contributed by atoms with Gasteiger partial charge in [0.15, 0.2) is 5.82 Å². The van der Waals surface area contributed by atoms with Crippen LogP contribution in [-0.4, -0.2) is 87.3 Å². The summed E-state index contributed by atoms with van der Waals surface area (Å²) < 4.78 is 13.6. The fourth-order valence-corrected chi connectivity index (χ4v) is 9.13. The molecule has 3 aliphatic heterocycles. The number of carbonyl (C=O) groups is 5. The summed E-state index contributed by atoms with van der Waals surface area (Å²) >= 11 is 7.91. The first-order valence-electron chi connectivity index (χ1n) is 19.9. The Morgan fingerprint density at radius 3 is 2.48 bits per heavy atom. The number of nitrogens with zero attached hydrogens (tertiary/aromatic N) is 5. The predicted molar refractivity (Wildman–Crippen MR) is 229 cm³/mol. The summed E-state index contributed by atoms with van der Waals surface area (Å²) in [5.41, 5.74) is 5.56. The number of hydrogen-bond acceptors (Lipinski definition) is 12. The highest BCUT2D eigenvalue weighted by molar-refractivity contribution is 7.15. The van der Waals surface area contributed by atoms with E-state index in [1.165, 1.54) is 4.88 Å². The molecule has 17 heteroatoms. The molecule has 1 fully saturated rings. The zero-order valence-electron chi connectivity index (χ0n) is 33.9. The smallest absolute Gasteiger partial charge is 0.264 e. The van der Waals surface area contributed by atoms with Gasteiger partial charge in [0, 0.05) is 39.7 Å². The minimum absolute atomic E-state index is 0.0518. The van der Waals surface area contributed by atoms with Crippen LogP contribution in [0.2, 0.25) is 5.02 Å². The zero-order valence-corrected chi connectivity index (χ0v) is 35.5. The number of ether oxygens (including phenoxy) is 2. The fourth-order valence-electron chi connectivity index (χ4n) is 7.79. The van der Waals surface area contributed by atoms with Gasteiger partial charge in [-0.05, 0) is 81.6 Å². The van der Waals surface area contributed by atoms with Crippen molar-refractivity contribution >= 4 is 63.9 Å². The Morgan fingerprint density at radius 1 is 0.951 bits per heavy atom. The number of anilines is 1. The molecule has 5 amide bonds. The lowest BCUT2D eigenvalue weighted by atomic mass is 9.99. The van der Waals surface area contributed by atoms with Gasteiger partial charge in [-0.15, -0.1) is 21.5 Å². The van der Waals surface area contributed by atoms with E-state index in [1.54, 1.807) is 29.5 Å². The van der Waals surface area contributed by atoms with Crippen molar-refractivity contribution in [2.24, 2.45) is 4.99 Å². The Labute approximate surface area is 360 Å². The molecular weight excluding hydrogens is 820 g/mol. The standard InChI is InChI=1S/C44H43ClN8O7S/c1-23-25(3)61-44-37(23)39(28-8-12-29(45)13-9-28)48-33(40-51-50-26(4)52(40)44)22-36(55)47-24(2)27-10-14-30(15-11-27)60-21-20-59-19-18-46-32-7-5-6-31-38(32)43(58)53(42(31)57)34-16-17-35(54)49-41(34)56/h5-15,24,33-34,46H,16-22H2,1-4H3,(H,47,55)(H,49,54,56). The average molecular weight is 863 g/mol. The molecule has 0 aliphatic carbocycles. The number of benzene rings is 3. The molecule has 3 aromatic carbocycles. The molecule has 5 aromatic rings. The second kappa shape index (κ2) is 17.4. The van der Waals surface area contributed by atoms with Crippen molar-refractivity contribution in [1.29, 1.82) is 0 Å². The topological polar surface area (TPSA) is 186 Å². The summed E-state index contributed by atoms with van der Waals surface area (Å²) in [5, 5.41) is 19.0. The summed E-state index contributed by atoms with van der Waals surface area (Å²) in [6, 6.07) is 18.1. The second-order valence-electron chi connectivity index (χ2n) is 15.0. The maximum atomic E-state index is 13.7. The molecule has 0 saturated carbocycles. The number of fused-ring (bicyclic) bond motifs is 4. The van der Waals surface area contributed by atoms with E-state index in [9.17, 15) is 24.0 Å². The van der Waals surface area contributed by atoms with Crippen molar-refractivity contribution in [2.45, 2.75) is 65.1 Å². The molecule has 2 aromatic heterocycles. The Morgan fingerprint density at radius 2 is 1.72 bits per heavy atom. The van der Waals surface area contributed by atoms with Crippen molar-refractivity contribution < 1.29 is 33.4 Å². The maximum absolute atomic E-state index is 13.7. The highest BCUT2D eigenvalue weighted by Gasteiger charge is 2.45. The third-order valence-electron chi connectivity index (χ3n) is 11.0. The lowest BCUT2D eigenvalue weighted by Crippen LogP contribution is -2.54. The van der Waals surface area contributed by atoms with Crippen molar-refractivity contribution in [3.8, 4) is 10.8 Å². The van der Waals surface area contributed by atoms with Gasteiger partial charge in [0.2, 0.25) is 17.7 Å². The van der Waals surface area contributed by atoms with E-state index >= 15 is 0 Å². The first-order chi connectivity index (χ1) is 29.4. The first kappa shape index (κ1) is 41.5. The number of carbonyl (C=O) groups excluding carboxylic acids is 5. The number of halogens is 1. The lowest BCUT2D eigenvalue weighted by Gasteiger charge is -2.27. The molecule has 3 aliphatic rings. The molecule has 5 heterocycles. The third kappa shape index (κ3) is 8.30. The van der Waals surface area contributed by atoms with Gasteiger partial charge in [0.1, 0.15) is 35.3 Å². The van der Waals surface area contributed by atoms with Crippen molar-refractivity contribution in [1.82, 2.24) is 30.3 Å². The van der Waals surface area contributed by atoms with E-state index < -0.39 is 35.7 Å². The number of piperidine rings is 1. The van der Waals surface area contributed by atoms with Gasteiger partial charge in [0.25, 0.3) is 11.8 Å². The van der Waals surface area contributed by atoms with Crippen LogP contribution in [0.15, 0.2) is 71.7 Å². The van der Waals surface area contributed by atoms with Crippen LogP contribution in [0.3, 0.4) is 0 Å².